The van der Waals surface area contributed by atoms with Crippen LogP contribution in [0.15, 0.2) is 28.9 Å². The van der Waals surface area contributed by atoms with Gasteiger partial charge >= 0.3 is 0 Å². The Labute approximate surface area is 101 Å². The fourth-order valence-electron chi connectivity index (χ4n) is 1.29. The third-order valence-electron chi connectivity index (χ3n) is 2.13. The Morgan fingerprint density at radius 3 is 2.67 bits per heavy atom. The quantitative estimate of drug-likeness (QED) is 0.698. The summed E-state index contributed by atoms with van der Waals surface area (Å²) in [6.45, 7) is 0. The van der Waals surface area contributed by atoms with E-state index in [1.807, 2.05) is 0 Å². The van der Waals surface area contributed by atoms with E-state index in [2.05, 4.69) is 20.3 Å². The van der Waals surface area contributed by atoms with Gasteiger partial charge in [0.25, 0.3) is 5.91 Å². The lowest BCUT2D eigenvalue weighted by Crippen LogP contribution is -2.15. The number of rotatable bonds is 3. The molecule has 0 unspecified atom stereocenters. The number of nitrogens with zero attached hydrogens (tertiary/aromatic N) is 2. The molecule has 0 fully saturated rings. The van der Waals surface area contributed by atoms with Crippen LogP contribution >= 0.6 is 0 Å². The molecule has 1 aromatic carbocycles. The van der Waals surface area contributed by atoms with Crippen LogP contribution < -0.4 is 16.8 Å². The average Bonchev–Trinajstić information content (AvgIpc) is 2.76. The molecule has 0 aliphatic carbocycles. The van der Waals surface area contributed by atoms with Gasteiger partial charge < -0.3 is 16.8 Å². The average molecular weight is 247 g/mol. The lowest BCUT2D eigenvalue weighted by Gasteiger charge is -2.04. The van der Waals surface area contributed by atoms with Crippen molar-refractivity contribution in [3.63, 3.8) is 0 Å². The maximum Gasteiger partial charge on any atom is 0.281 e. The number of nitrogen functional groups attached to an aromatic ring is 1. The van der Waals surface area contributed by atoms with Crippen LogP contribution in [0.2, 0.25) is 0 Å². The second kappa shape index (κ2) is 4.53. The first kappa shape index (κ1) is 11.6. The number of hydrogen-bond acceptors (Lipinski definition) is 6. The molecule has 8 heteroatoms. The molecule has 0 saturated carbocycles. The van der Waals surface area contributed by atoms with Crippen LogP contribution in [0, 0.1) is 0 Å². The first-order valence-corrected chi connectivity index (χ1v) is 4.87. The lowest BCUT2D eigenvalue weighted by atomic mass is 10.2. The number of nitrogens with two attached hydrogens (primary N) is 2. The number of carbonyl (C=O) groups excluding carboxylic acids is 2. The number of aromatic nitrogens is 2. The number of anilines is 2. The van der Waals surface area contributed by atoms with E-state index in [4.69, 9.17) is 11.5 Å². The minimum absolute atomic E-state index is 0.112. The number of carbonyl (C=O) groups is 2. The van der Waals surface area contributed by atoms with Gasteiger partial charge in [0.05, 0.1) is 0 Å². The summed E-state index contributed by atoms with van der Waals surface area (Å²) in [6.07, 6.45) is 0. The molecule has 92 valence electrons. The van der Waals surface area contributed by atoms with Gasteiger partial charge in [0.1, 0.15) is 0 Å². The van der Waals surface area contributed by atoms with Gasteiger partial charge in [-0.05, 0) is 28.5 Å². The van der Waals surface area contributed by atoms with E-state index in [-0.39, 0.29) is 17.1 Å². The largest absolute Gasteiger partial charge is 0.379 e. The van der Waals surface area contributed by atoms with Crippen molar-refractivity contribution >= 4 is 23.3 Å². The van der Waals surface area contributed by atoms with Gasteiger partial charge in [-0.15, -0.1) is 0 Å². The predicted octanol–water partition coefficient (Wildman–Crippen LogP) is 0.00300. The number of primary amides is 1. The van der Waals surface area contributed by atoms with Gasteiger partial charge in [-0.1, -0.05) is 6.07 Å². The molecule has 8 nitrogen and oxygen atoms in total. The zero-order chi connectivity index (χ0) is 13.1. The van der Waals surface area contributed by atoms with E-state index >= 15 is 0 Å². The number of hydrogen-bond donors (Lipinski definition) is 3. The molecule has 1 heterocycles. The molecule has 0 spiro atoms. The highest BCUT2D eigenvalue weighted by Gasteiger charge is 2.16. The highest BCUT2D eigenvalue weighted by atomic mass is 16.6. The second-order valence-corrected chi connectivity index (χ2v) is 3.40. The van der Waals surface area contributed by atoms with E-state index in [0.29, 0.717) is 5.69 Å². The van der Waals surface area contributed by atoms with Crippen LogP contribution in [-0.2, 0) is 0 Å². The van der Waals surface area contributed by atoms with E-state index in [1.54, 1.807) is 12.1 Å². The summed E-state index contributed by atoms with van der Waals surface area (Å²) >= 11 is 0. The highest BCUT2D eigenvalue weighted by Crippen LogP contribution is 2.13. The molecule has 5 N–H and O–H groups in total. The summed E-state index contributed by atoms with van der Waals surface area (Å²) in [4.78, 5) is 22.7. The van der Waals surface area contributed by atoms with E-state index in [9.17, 15) is 9.59 Å². The molecule has 2 rings (SSSR count). The second-order valence-electron chi connectivity index (χ2n) is 3.40. The van der Waals surface area contributed by atoms with Gasteiger partial charge in [-0.2, -0.15) is 0 Å². The summed E-state index contributed by atoms with van der Waals surface area (Å²) < 4.78 is 4.31. The summed E-state index contributed by atoms with van der Waals surface area (Å²) in [6, 6.07) is 6.14. The molecule has 2 amide bonds. The van der Waals surface area contributed by atoms with Crippen LogP contribution in [0.5, 0.6) is 0 Å². The van der Waals surface area contributed by atoms with Crippen LogP contribution in [0.4, 0.5) is 11.5 Å². The van der Waals surface area contributed by atoms with Crippen molar-refractivity contribution in [2.45, 2.75) is 0 Å². The summed E-state index contributed by atoms with van der Waals surface area (Å²) in [5, 5.41) is 9.13. The van der Waals surface area contributed by atoms with Crippen molar-refractivity contribution in [3.05, 3.63) is 35.5 Å². The van der Waals surface area contributed by atoms with Crippen molar-refractivity contribution in [2.24, 2.45) is 5.73 Å². The van der Waals surface area contributed by atoms with Crippen LogP contribution in [0.1, 0.15) is 20.8 Å². The molecule has 18 heavy (non-hydrogen) atoms. The Bertz CT molecular complexity index is 607. The molecule has 0 saturated heterocycles. The Kier molecular flexibility index (Phi) is 2.92. The van der Waals surface area contributed by atoms with Gasteiger partial charge in [-0.25, -0.2) is 4.63 Å². The summed E-state index contributed by atoms with van der Waals surface area (Å²) in [5.74, 6) is -1.29. The van der Waals surface area contributed by atoms with Crippen LogP contribution in [-0.4, -0.2) is 22.1 Å². The number of amides is 2. The zero-order valence-corrected chi connectivity index (χ0v) is 9.08. The molecular formula is C10H9N5O3. The van der Waals surface area contributed by atoms with Crippen molar-refractivity contribution in [1.82, 2.24) is 10.3 Å². The lowest BCUT2D eigenvalue weighted by molar-refractivity contribution is 0.0994. The Morgan fingerprint density at radius 1 is 1.28 bits per heavy atom. The monoisotopic (exact) mass is 247 g/mol. The third-order valence-corrected chi connectivity index (χ3v) is 2.13. The maximum absolute atomic E-state index is 11.7. The number of benzene rings is 1. The van der Waals surface area contributed by atoms with Crippen molar-refractivity contribution in [1.29, 1.82) is 0 Å². The van der Waals surface area contributed by atoms with Crippen molar-refractivity contribution < 1.29 is 14.2 Å². The topological polar surface area (TPSA) is 137 Å². The molecule has 0 aliphatic heterocycles. The fourth-order valence-corrected chi connectivity index (χ4v) is 1.29. The van der Waals surface area contributed by atoms with Gasteiger partial charge in [0, 0.05) is 11.3 Å². The van der Waals surface area contributed by atoms with Crippen LogP contribution in [0.25, 0.3) is 0 Å². The van der Waals surface area contributed by atoms with E-state index < -0.39 is 11.8 Å². The predicted molar refractivity (Wildman–Crippen MR) is 61.6 cm³/mol. The van der Waals surface area contributed by atoms with Gasteiger partial charge in [-0.3, -0.25) is 9.59 Å². The first-order valence-electron chi connectivity index (χ1n) is 4.87. The molecule has 0 atom stereocenters. The van der Waals surface area contributed by atoms with Gasteiger partial charge in [0.2, 0.25) is 17.4 Å². The number of nitrogens with one attached hydrogen (secondary N) is 1. The van der Waals surface area contributed by atoms with Crippen molar-refractivity contribution in [2.75, 3.05) is 11.1 Å². The molecular weight excluding hydrogens is 238 g/mol. The minimum atomic E-state index is -0.589. The zero-order valence-electron chi connectivity index (χ0n) is 9.08. The first-order chi connectivity index (χ1) is 8.58. The molecule has 0 aliphatic rings. The fraction of sp³-hybridized carbons (Fsp3) is 0. The van der Waals surface area contributed by atoms with E-state index in [1.165, 1.54) is 12.1 Å². The van der Waals surface area contributed by atoms with Crippen molar-refractivity contribution in [3.8, 4) is 0 Å². The summed E-state index contributed by atoms with van der Waals surface area (Å²) in [5.41, 5.74) is 11.0. The highest BCUT2D eigenvalue weighted by molar-refractivity contribution is 6.06. The summed E-state index contributed by atoms with van der Waals surface area (Å²) in [7, 11) is 0. The minimum Gasteiger partial charge on any atom is -0.379 e. The molecule has 2 aromatic rings. The SMILES string of the molecule is NC(=O)c1cccc(NC(=O)c2nonc2N)c1. The molecule has 1 aromatic heterocycles. The smallest absolute Gasteiger partial charge is 0.281 e. The normalized spacial score (nSPS) is 10.0. The van der Waals surface area contributed by atoms with E-state index in [0.717, 1.165) is 0 Å². The van der Waals surface area contributed by atoms with Crippen LogP contribution in [0.3, 0.4) is 0 Å². The Balaban J connectivity index is 2.20. The standard InChI is InChI=1S/C10H9N5O3/c11-8-7(14-18-15-8)10(17)13-6-3-1-2-5(4-6)9(12)16/h1-4H,(H2,11,15)(H2,12,16)(H,13,17). The Hall–Kier alpha value is -2.90. The van der Waals surface area contributed by atoms with Gasteiger partial charge in [0.15, 0.2) is 0 Å². The third kappa shape index (κ3) is 2.26. The molecule has 0 radical (unpaired) electrons. The molecule has 0 bridgehead atoms. The maximum atomic E-state index is 11.7. The Morgan fingerprint density at radius 2 is 2.06 bits per heavy atom.